The molecule has 0 bridgehead atoms. The van der Waals surface area contributed by atoms with Crippen molar-refractivity contribution in [3.8, 4) is 0 Å². The van der Waals surface area contributed by atoms with E-state index in [4.69, 9.17) is 0 Å². The van der Waals surface area contributed by atoms with E-state index < -0.39 is 45.9 Å². The van der Waals surface area contributed by atoms with Crippen molar-refractivity contribution in [1.29, 1.82) is 0 Å². The minimum absolute atomic E-state index is 0.404. The molecule has 0 aliphatic carbocycles. The molecule has 0 heterocycles. The third-order valence-electron chi connectivity index (χ3n) is 1.76. The Hall–Kier alpha value is -0.360. The van der Waals surface area contributed by atoms with Gasteiger partial charge >= 0.3 is 0 Å². The Kier molecular flexibility index (Phi) is 3.71. The van der Waals surface area contributed by atoms with Crippen LogP contribution in [0.5, 0.6) is 0 Å². The van der Waals surface area contributed by atoms with Crippen LogP contribution >= 0.6 is 25.3 Å². The van der Waals surface area contributed by atoms with Crippen molar-refractivity contribution in [1.82, 2.24) is 0 Å². The molecule has 78 valence electrons. The molecule has 6 heteroatoms. The molecule has 0 nitrogen and oxygen atoms in total. The second kappa shape index (κ2) is 4.44. The molecule has 0 spiro atoms. The van der Waals surface area contributed by atoms with Crippen LogP contribution in [0.2, 0.25) is 0 Å². The van der Waals surface area contributed by atoms with Gasteiger partial charge in [0.15, 0.2) is 23.3 Å². The van der Waals surface area contributed by atoms with Gasteiger partial charge in [-0.05, 0) is 0 Å². The van der Waals surface area contributed by atoms with E-state index in [-0.39, 0.29) is 0 Å². The lowest BCUT2D eigenvalue weighted by Crippen LogP contribution is -2.06. The van der Waals surface area contributed by atoms with E-state index >= 15 is 0 Å². The van der Waals surface area contributed by atoms with E-state index in [2.05, 4.69) is 25.3 Å². The van der Waals surface area contributed by atoms with Crippen LogP contribution in [-0.2, 0) is 11.5 Å². The number of hydrogen-bond acceptors (Lipinski definition) is 2. The van der Waals surface area contributed by atoms with Crippen LogP contribution < -0.4 is 0 Å². The minimum atomic E-state index is -1.40. The lowest BCUT2D eigenvalue weighted by Gasteiger charge is -2.08. The van der Waals surface area contributed by atoms with Crippen molar-refractivity contribution in [3.63, 3.8) is 0 Å². The molecule has 0 saturated heterocycles. The van der Waals surface area contributed by atoms with Crippen LogP contribution in [0.3, 0.4) is 0 Å². The third kappa shape index (κ3) is 1.72. The van der Waals surface area contributed by atoms with Crippen LogP contribution in [-0.4, -0.2) is 0 Å². The predicted molar refractivity (Wildman–Crippen MR) is 51.7 cm³/mol. The molecule has 0 unspecified atom stereocenters. The van der Waals surface area contributed by atoms with E-state index in [0.717, 1.165) is 0 Å². The molecule has 1 rings (SSSR count). The summed E-state index contributed by atoms with van der Waals surface area (Å²) in [6.07, 6.45) is 0. The highest BCUT2D eigenvalue weighted by atomic mass is 32.1. The average Bonchev–Trinajstić information content (AvgIpc) is 2.17. The summed E-state index contributed by atoms with van der Waals surface area (Å²) in [5.41, 5.74) is -1.40. The molecular weight excluding hydrogens is 236 g/mol. The maximum absolute atomic E-state index is 13.0. The molecule has 0 aliphatic rings. The van der Waals surface area contributed by atoms with E-state index in [0.29, 0.717) is 0 Å². The number of benzene rings is 1. The SMILES string of the molecule is Fc1c(F)c(CS)c(F)c(F)c1CS. The Labute approximate surface area is 89.1 Å². The van der Waals surface area contributed by atoms with Crippen molar-refractivity contribution < 1.29 is 17.6 Å². The zero-order chi connectivity index (χ0) is 10.9. The standard InChI is InChI=1S/C8H6F4S2/c9-5-3(1-13)6(10)8(12)4(2-14)7(5)11/h13-14H,1-2H2. The largest absolute Gasteiger partial charge is 0.203 e. The second-order valence-electron chi connectivity index (χ2n) is 2.53. The van der Waals surface area contributed by atoms with Crippen LogP contribution in [0.25, 0.3) is 0 Å². The van der Waals surface area contributed by atoms with E-state index in [1.165, 1.54) is 0 Å². The summed E-state index contributed by atoms with van der Waals surface area (Å²) in [5, 5.41) is 0. The normalized spacial score (nSPS) is 10.7. The fraction of sp³-hybridized carbons (Fsp3) is 0.250. The van der Waals surface area contributed by atoms with E-state index in [1.807, 2.05) is 0 Å². The quantitative estimate of drug-likeness (QED) is 0.444. The van der Waals surface area contributed by atoms with Crippen molar-refractivity contribution in [2.45, 2.75) is 11.5 Å². The van der Waals surface area contributed by atoms with Gasteiger partial charge in [0.25, 0.3) is 0 Å². The highest BCUT2D eigenvalue weighted by Gasteiger charge is 2.23. The van der Waals surface area contributed by atoms with Crippen LogP contribution in [0, 0.1) is 23.3 Å². The highest BCUT2D eigenvalue weighted by molar-refractivity contribution is 7.79. The zero-order valence-electron chi connectivity index (χ0n) is 6.82. The van der Waals surface area contributed by atoms with Crippen LogP contribution in [0.4, 0.5) is 17.6 Å². The monoisotopic (exact) mass is 242 g/mol. The molecule has 0 aliphatic heterocycles. The third-order valence-corrected chi connectivity index (χ3v) is 2.39. The number of rotatable bonds is 2. The van der Waals surface area contributed by atoms with Gasteiger partial charge in [0.05, 0.1) is 0 Å². The summed E-state index contributed by atoms with van der Waals surface area (Å²) in [6.45, 7) is 0. The molecule has 1 aromatic carbocycles. The molecule has 0 aromatic heterocycles. The molecule has 14 heavy (non-hydrogen) atoms. The summed E-state index contributed by atoms with van der Waals surface area (Å²) in [7, 11) is 0. The molecule has 0 N–H and O–H groups in total. The topological polar surface area (TPSA) is 0 Å². The molecule has 0 fully saturated rings. The predicted octanol–water partition coefficient (Wildman–Crippen LogP) is 3.10. The zero-order valence-corrected chi connectivity index (χ0v) is 8.61. The van der Waals surface area contributed by atoms with Crippen LogP contribution in [0.15, 0.2) is 0 Å². The fourth-order valence-corrected chi connectivity index (χ4v) is 1.56. The molecule has 0 radical (unpaired) electrons. The first-order valence-electron chi connectivity index (χ1n) is 3.60. The van der Waals surface area contributed by atoms with Gasteiger partial charge in [0, 0.05) is 22.6 Å². The first-order valence-corrected chi connectivity index (χ1v) is 4.86. The minimum Gasteiger partial charge on any atom is -0.203 e. The van der Waals surface area contributed by atoms with Gasteiger partial charge in [0.1, 0.15) is 0 Å². The Bertz CT molecular complexity index is 301. The molecule has 0 saturated carbocycles. The molecule has 0 amide bonds. The smallest absolute Gasteiger partial charge is 0.166 e. The molecule has 0 atom stereocenters. The van der Waals surface area contributed by atoms with Crippen LogP contribution in [0.1, 0.15) is 11.1 Å². The van der Waals surface area contributed by atoms with E-state index in [1.54, 1.807) is 0 Å². The summed E-state index contributed by atoms with van der Waals surface area (Å²) < 4.78 is 52.1. The maximum atomic E-state index is 13.0. The van der Waals surface area contributed by atoms with E-state index in [9.17, 15) is 17.6 Å². The maximum Gasteiger partial charge on any atom is 0.166 e. The Morgan fingerprint density at radius 2 is 0.857 bits per heavy atom. The van der Waals surface area contributed by atoms with Crippen molar-refractivity contribution in [3.05, 3.63) is 34.4 Å². The lowest BCUT2D eigenvalue weighted by atomic mass is 10.1. The van der Waals surface area contributed by atoms with Gasteiger partial charge in [-0.25, -0.2) is 17.6 Å². The Balaban J connectivity index is 3.55. The van der Waals surface area contributed by atoms with Gasteiger partial charge < -0.3 is 0 Å². The highest BCUT2D eigenvalue weighted by Crippen LogP contribution is 2.26. The number of halogens is 4. The van der Waals surface area contributed by atoms with Crippen molar-refractivity contribution in [2.75, 3.05) is 0 Å². The Morgan fingerprint density at radius 3 is 1.00 bits per heavy atom. The lowest BCUT2D eigenvalue weighted by molar-refractivity contribution is 0.435. The number of hydrogen-bond donors (Lipinski definition) is 2. The Morgan fingerprint density at radius 1 is 0.643 bits per heavy atom. The van der Waals surface area contributed by atoms with Gasteiger partial charge in [0.2, 0.25) is 0 Å². The summed E-state index contributed by atoms with van der Waals surface area (Å²) >= 11 is 7.15. The van der Waals surface area contributed by atoms with Gasteiger partial charge in [-0.3, -0.25) is 0 Å². The van der Waals surface area contributed by atoms with Crippen molar-refractivity contribution >= 4 is 25.3 Å². The van der Waals surface area contributed by atoms with Gasteiger partial charge in [-0.2, -0.15) is 25.3 Å². The van der Waals surface area contributed by atoms with Gasteiger partial charge in [-0.1, -0.05) is 0 Å². The number of thiol groups is 2. The molecule has 1 aromatic rings. The first kappa shape index (κ1) is 11.7. The molecular formula is C8H6F4S2. The summed E-state index contributed by atoms with van der Waals surface area (Å²) in [5.74, 6) is -6.41. The van der Waals surface area contributed by atoms with Crippen molar-refractivity contribution in [2.24, 2.45) is 0 Å². The summed E-state index contributed by atoms with van der Waals surface area (Å²) in [6, 6.07) is 0. The summed E-state index contributed by atoms with van der Waals surface area (Å²) in [4.78, 5) is 0. The fourth-order valence-electron chi connectivity index (χ4n) is 1.00. The first-order chi connectivity index (χ1) is 6.54. The average molecular weight is 242 g/mol. The van der Waals surface area contributed by atoms with Gasteiger partial charge in [-0.15, -0.1) is 0 Å². The second-order valence-corrected chi connectivity index (χ2v) is 3.16.